The third kappa shape index (κ3) is 5.18. The summed E-state index contributed by atoms with van der Waals surface area (Å²) in [6, 6.07) is 17.2. The molecular formula is C22H19ClFN3O4S2. The van der Waals surface area contributed by atoms with Crippen LogP contribution in [0.2, 0.25) is 5.02 Å². The summed E-state index contributed by atoms with van der Waals surface area (Å²) < 4.78 is 67.0. The van der Waals surface area contributed by atoms with Crippen LogP contribution in [0.25, 0.3) is 0 Å². The lowest BCUT2D eigenvalue weighted by Gasteiger charge is -2.23. The largest absolute Gasteiger partial charge is 0.284 e. The molecule has 1 aliphatic rings. The fraction of sp³-hybridized carbons (Fsp3) is 0.136. The molecular weight excluding hydrogens is 489 g/mol. The fourth-order valence-corrected chi connectivity index (χ4v) is 5.83. The summed E-state index contributed by atoms with van der Waals surface area (Å²) in [6.45, 7) is 0. The number of nitrogens with zero attached hydrogens (tertiary/aromatic N) is 2. The second-order valence-corrected chi connectivity index (χ2v) is 11.5. The van der Waals surface area contributed by atoms with Gasteiger partial charge in [0.2, 0.25) is 10.0 Å². The third-order valence-corrected chi connectivity index (χ3v) is 7.49. The lowest BCUT2D eigenvalue weighted by Crippen LogP contribution is -2.27. The molecule has 0 unspecified atom stereocenters. The first-order valence-electron chi connectivity index (χ1n) is 9.74. The monoisotopic (exact) mass is 507 g/mol. The molecule has 1 heterocycles. The Balaban J connectivity index is 1.75. The Kier molecular flexibility index (Phi) is 6.17. The van der Waals surface area contributed by atoms with Gasteiger partial charge in [0.25, 0.3) is 10.0 Å². The van der Waals surface area contributed by atoms with Crippen LogP contribution in [0.1, 0.15) is 23.6 Å². The Morgan fingerprint density at radius 3 is 2.33 bits per heavy atom. The summed E-state index contributed by atoms with van der Waals surface area (Å²) in [4.78, 5) is -0.0332. The molecule has 11 heteroatoms. The zero-order valence-electron chi connectivity index (χ0n) is 17.3. The van der Waals surface area contributed by atoms with E-state index in [0.29, 0.717) is 22.5 Å². The summed E-state index contributed by atoms with van der Waals surface area (Å²) in [5.74, 6) is -0.489. The van der Waals surface area contributed by atoms with Crippen molar-refractivity contribution in [2.45, 2.75) is 17.4 Å². The molecule has 172 valence electrons. The molecule has 0 aliphatic carbocycles. The highest BCUT2D eigenvalue weighted by molar-refractivity contribution is 7.92. The summed E-state index contributed by atoms with van der Waals surface area (Å²) in [5.41, 5.74) is 1.89. The molecule has 0 amide bonds. The predicted octanol–water partition coefficient (Wildman–Crippen LogP) is 4.39. The fourth-order valence-electron chi connectivity index (χ4n) is 3.53. The standard InChI is InChI=1S/C22H19ClFN3O4S2/c1-32(28,29)26-19-10-8-15(9-11-19)21-14-22(16-4-2-6-18(24)12-16)27(25-21)33(30,31)20-7-3-5-17(23)13-20/h2-13,22,26H,14H2,1H3/t22-/m1/s1. The number of sulfonamides is 2. The van der Waals surface area contributed by atoms with Crippen LogP contribution < -0.4 is 4.72 Å². The lowest BCUT2D eigenvalue weighted by atomic mass is 9.99. The highest BCUT2D eigenvalue weighted by atomic mass is 35.5. The predicted molar refractivity (Wildman–Crippen MR) is 126 cm³/mol. The van der Waals surface area contributed by atoms with Gasteiger partial charge >= 0.3 is 0 Å². The minimum absolute atomic E-state index is 0.0332. The minimum Gasteiger partial charge on any atom is -0.284 e. The normalized spacial score (nSPS) is 16.5. The highest BCUT2D eigenvalue weighted by Crippen LogP contribution is 2.37. The molecule has 7 nitrogen and oxygen atoms in total. The van der Waals surface area contributed by atoms with E-state index in [4.69, 9.17) is 11.6 Å². The van der Waals surface area contributed by atoms with Gasteiger partial charge in [-0.25, -0.2) is 12.8 Å². The molecule has 33 heavy (non-hydrogen) atoms. The molecule has 0 saturated heterocycles. The third-order valence-electron chi connectivity index (χ3n) is 4.97. The molecule has 1 aliphatic heterocycles. The van der Waals surface area contributed by atoms with Gasteiger partial charge in [0, 0.05) is 17.1 Å². The quantitative estimate of drug-likeness (QED) is 0.535. The van der Waals surface area contributed by atoms with Gasteiger partial charge in [-0.15, -0.1) is 0 Å². The van der Waals surface area contributed by atoms with Crippen molar-refractivity contribution in [1.82, 2.24) is 4.41 Å². The summed E-state index contributed by atoms with van der Waals surface area (Å²) >= 11 is 6.00. The van der Waals surface area contributed by atoms with Gasteiger partial charge in [-0.3, -0.25) is 4.72 Å². The number of hydrazone groups is 1. The molecule has 0 saturated carbocycles. The van der Waals surface area contributed by atoms with Gasteiger partial charge in [-0.05, 0) is 53.6 Å². The molecule has 0 radical (unpaired) electrons. The van der Waals surface area contributed by atoms with Crippen LogP contribution in [0.5, 0.6) is 0 Å². The van der Waals surface area contributed by atoms with Crippen LogP contribution in [0.15, 0.2) is 82.8 Å². The Morgan fingerprint density at radius 1 is 1.00 bits per heavy atom. The first-order chi connectivity index (χ1) is 15.5. The van der Waals surface area contributed by atoms with Gasteiger partial charge in [-0.1, -0.05) is 41.9 Å². The molecule has 1 atom stereocenters. The molecule has 0 bridgehead atoms. The van der Waals surface area contributed by atoms with Crippen molar-refractivity contribution in [1.29, 1.82) is 0 Å². The first-order valence-corrected chi connectivity index (χ1v) is 13.4. The van der Waals surface area contributed by atoms with Gasteiger partial charge < -0.3 is 0 Å². The Labute approximate surface area is 196 Å². The molecule has 1 N–H and O–H groups in total. The van der Waals surface area contributed by atoms with Crippen molar-refractivity contribution in [2.75, 3.05) is 11.0 Å². The average molecular weight is 508 g/mol. The van der Waals surface area contributed by atoms with E-state index in [1.54, 1.807) is 36.4 Å². The SMILES string of the molecule is CS(=O)(=O)Nc1ccc(C2=NN(S(=O)(=O)c3cccc(Cl)c3)[C@@H](c3cccc(F)c3)C2)cc1. The van der Waals surface area contributed by atoms with E-state index in [9.17, 15) is 21.2 Å². The van der Waals surface area contributed by atoms with E-state index in [0.717, 1.165) is 10.7 Å². The maximum atomic E-state index is 13.9. The summed E-state index contributed by atoms with van der Waals surface area (Å²) in [5, 5.41) is 4.65. The van der Waals surface area contributed by atoms with Crippen LogP contribution in [-0.4, -0.2) is 33.2 Å². The second kappa shape index (κ2) is 8.77. The van der Waals surface area contributed by atoms with Crippen molar-refractivity contribution in [3.63, 3.8) is 0 Å². The number of rotatable bonds is 6. The van der Waals surface area contributed by atoms with Crippen molar-refractivity contribution in [3.05, 3.63) is 94.8 Å². The van der Waals surface area contributed by atoms with Crippen molar-refractivity contribution in [2.24, 2.45) is 5.10 Å². The highest BCUT2D eigenvalue weighted by Gasteiger charge is 2.38. The van der Waals surface area contributed by atoms with Gasteiger partial charge in [-0.2, -0.15) is 17.9 Å². The van der Waals surface area contributed by atoms with Crippen molar-refractivity contribution < 1.29 is 21.2 Å². The van der Waals surface area contributed by atoms with Crippen LogP contribution in [0, 0.1) is 5.82 Å². The first kappa shape index (κ1) is 23.2. The number of benzene rings is 3. The van der Waals surface area contributed by atoms with Crippen LogP contribution in [0.4, 0.5) is 10.1 Å². The summed E-state index contributed by atoms with van der Waals surface area (Å²) in [7, 11) is -7.53. The zero-order chi connectivity index (χ0) is 23.8. The lowest BCUT2D eigenvalue weighted by molar-refractivity contribution is 0.370. The second-order valence-electron chi connectivity index (χ2n) is 7.51. The average Bonchev–Trinajstić information content (AvgIpc) is 3.20. The van der Waals surface area contributed by atoms with E-state index in [1.165, 1.54) is 36.4 Å². The molecule has 0 spiro atoms. The zero-order valence-corrected chi connectivity index (χ0v) is 19.7. The van der Waals surface area contributed by atoms with Crippen molar-refractivity contribution >= 4 is 43.0 Å². The van der Waals surface area contributed by atoms with Gasteiger partial charge in [0.05, 0.1) is 22.9 Å². The van der Waals surface area contributed by atoms with Crippen molar-refractivity contribution in [3.8, 4) is 0 Å². The molecule has 3 aromatic rings. The number of hydrogen-bond acceptors (Lipinski definition) is 5. The van der Waals surface area contributed by atoms with E-state index < -0.39 is 31.9 Å². The van der Waals surface area contributed by atoms with E-state index in [2.05, 4.69) is 9.82 Å². The molecule has 3 aromatic carbocycles. The number of nitrogens with one attached hydrogen (secondary N) is 1. The molecule has 0 fully saturated rings. The summed E-state index contributed by atoms with van der Waals surface area (Å²) in [6.07, 6.45) is 1.24. The van der Waals surface area contributed by atoms with E-state index in [1.807, 2.05) is 0 Å². The smallest absolute Gasteiger partial charge is 0.279 e. The van der Waals surface area contributed by atoms with Crippen LogP contribution in [0.3, 0.4) is 0 Å². The van der Waals surface area contributed by atoms with Gasteiger partial charge in [0.1, 0.15) is 5.82 Å². The Morgan fingerprint density at radius 2 is 1.70 bits per heavy atom. The van der Waals surface area contributed by atoms with E-state index in [-0.39, 0.29) is 16.3 Å². The molecule has 4 rings (SSSR count). The maximum Gasteiger partial charge on any atom is 0.279 e. The number of halogens is 2. The molecule has 0 aromatic heterocycles. The number of hydrogen-bond donors (Lipinski definition) is 1. The topological polar surface area (TPSA) is 95.9 Å². The van der Waals surface area contributed by atoms with E-state index >= 15 is 0 Å². The van der Waals surface area contributed by atoms with Crippen LogP contribution in [-0.2, 0) is 20.0 Å². The van der Waals surface area contributed by atoms with Gasteiger partial charge in [0.15, 0.2) is 0 Å². The number of anilines is 1. The maximum absolute atomic E-state index is 13.9. The van der Waals surface area contributed by atoms with Crippen LogP contribution >= 0.6 is 11.6 Å². The Hall–Kier alpha value is -2.95. The minimum atomic E-state index is -4.10. The Bertz CT molecular complexity index is 1440.